The van der Waals surface area contributed by atoms with E-state index in [1.54, 1.807) is 5.57 Å². The van der Waals surface area contributed by atoms with E-state index in [0.717, 1.165) is 49.4 Å². The topological polar surface area (TPSA) is 20.3 Å². The van der Waals surface area contributed by atoms with E-state index in [0.29, 0.717) is 11.7 Å². The maximum Gasteiger partial charge on any atom is 0.179 e. The Bertz CT molecular complexity index is 431. The molecule has 21 heavy (non-hydrogen) atoms. The summed E-state index contributed by atoms with van der Waals surface area (Å²) in [6, 6.07) is 0. The Balaban J connectivity index is 1.91. The van der Waals surface area contributed by atoms with Crippen LogP contribution in [0.25, 0.3) is 0 Å². The number of allylic oxidation sites excluding steroid dienone is 2. The fraction of sp³-hybridized carbons (Fsp3) is 0.842. The van der Waals surface area contributed by atoms with Crippen molar-refractivity contribution in [2.24, 2.45) is 23.7 Å². The normalized spacial score (nSPS) is 34.4. The second-order valence-corrected chi connectivity index (χ2v) is 7.92. The standard InChI is InChI=1S/C19H31NO/c1-13(2)15-7-6-14(3)12-17(15)16-8-9-18(21)19(16)20-10-4-5-11-20/h13-15,17H,4-12H2,1-3H3. The third-order valence-corrected chi connectivity index (χ3v) is 6.08. The molecule has 0 radical (unpaired) electrons. The lowest BCUT2D eigenvalue weighted by molar-refractivity contribution is -0.116. The summed E-state index contributed by atoms with van der Waals surface area (Å²) in [6.07, 6.45) is 8.39. The molecule has 0 aromatic carbocycles. The monoisotopic (exact) mass is 289 g/mol. The predicted octanol–water partition coefficient (Wildman–Crippen LogP) is 4.41. The van der Waals surface area contributed by atoms with E-state index < -0.39 is 0 Å². The van der Waals surface area contributed by atoms with Gasteiger partial charge in [-0.15, -0.1) is 0 Å². The van der Waals surface area contributed by atoms with Gasteiger partial charge in [-0.3, -0.25) is 4.79 Å². The molecule has 1 heterocycles. The summed E-state index contributed by atoms with van der Waals surface area (Å²) >= 11 is 0. The van der Waals surface area contributed by atoms with Gasteiger partial charge >= 0.3 is 0 Å². The smallest absolute Gasteiger partial charge is 0.179 e. The molecule has 1 aliphatic heterocycles. The summed E-state index contributed by atoms with van der Waals surface area (Å²) in [5, 5.41) is 0. The summed E-state index contributed by atoms with van der Waals surface area (Å²) in [7, 11) is 0. The van der Waals surface area contributed by atoms with Crippen molar-refractivity contribution >= 4 is 5.78 Å². The number of hydrogen-bond donors (Lipinski definition) is 0. The first-order valence-corrected chi connectivity index (χ1v) is 9.09. The number of likely N-dealkylation sites (tertiary alicyclic amines) is 1. The molecule has 2 fully saturated rings. The Morgan fingerprint density at radius 1 is 1.10 bits per heavy atom. The van der Waals surface area contributed by atoms with Crippen molar-refractivity contribution in [2.45, 2.75) is 65.7 Å². The van der Waals surface area contributed by atoms with Crippen LogP contribution in [0.2, 0.25) is 0 Å². The number of carbonyl (C=O) groups excluding carboxylic acids is 1. The number of ketones is 1. The van der Waals surface area contributed by atoms with Gasteiger partial charge in [-0.1, -0.05) is 27.2 Å². The zero-order valence-corrected chi connectivity index (χ0v) is 14.0. The Hall–Kier alpha value is -0.790. The van der Waals surface area contributed by atoms with E-state index in [-0.39, 0.29) is 0 Å². The van der Waals surface area contributed by atoms with Crippen LogP contribution in [0.4, 0.5) is 0 Å². The van der Waals surface area contributed by atoms with Crippen molar-refractivity contribution < 1.29 is 4.79 Å². The van der Waals surface area contributed by atoms with Crippen LogP contribution in [0.15, 0.2) is 11.3 Å². The molecule has 3 rings (SSSR count). The zero-order valence-electron chi connectivity index (χ0n) is 14.0. The van der Waals surface area contributed by atoms with E-state index in [9.17, 15) is 4.79 Å². The van der Waals surface area contributed by atoms with Gasteiger partial charge in [0.1, 0.15) is 0 Å². The van der Waals surface area contributed by atoms with Crippen LogP contribution in [-0.2, 0) is 4.79 Å². The van der Waals surface area contributed by atoms with Gasteiger partial charge in [0, 0.05) is 19.5 Å². The van der Waals surface area contributed by atoms with Crippen LogP contribution in [0.3, 0.4) is 0 Å². The Morgan fingerprint density at radius 3 is 2.48 bits per heavy atom. The molecule has 2 aliphatic carbocycles. The van der Waals surface area contributed by atoms with E-state index in [4.69, 9.17) is 0 Å². The van der Waals surface area contributed by atoms with Crippen LogP contribution in [0.5, 0.6) is 0 Å². The average molecular weight is 289 g/mol. The molecule has 118 valence electrons. The van der Waals surface area contributed by atoms with Gasteiger partial charge in [0.25, 0.3) is 0 Å². The maximum absolute atomic E-state index is 12.5. The van der Waals surface area contributed by atoms with Crippen LogP contribution in [0, 0.1) is 23.7 Å². The SMILES string of the molecule is CC1CCC(C(C)C)C(C2=C(N3CCCC3)C(=O)CC2)C1. The van der Waals surface area contributed by atoms with Crippen LogP contribution in [-0.4, -0.2) is 23.8 Å². The van der Waals surface area contributed by atoms with Crippen molar-refractivity contribution in [1.82, 2.24) is 4.90 Å². The highest BCUT2D eigenvalue weighted by Gasteiger charge is 2.39. The highest BCUT2D eigenvalue weighted by molar-refractivity contribution is 5.98. The molecule has 3 aliphatic rings. The first kappa shape index (κ1) is 15.1. The van der Waals surface area contributed by atoms with Crippen molar-refractivity contribution in [3.63, 3.8) is 0 Å². The molecule has 0 spiro atoms. The molecule has 0 N–H and O–H groups in total. The third-order valence-electron chi connectivity index (χ3n) is 6.08. The first-order chi connectivity index (χ1) is 10.1. The maximum atomic E-state index is 12.5. The molecule has 0 aromatic rings. The predicted molar refractivity (Wildman–Crippen MR) is 86.9 cm³/mol. The fourth-order valence-electron chi connectivity index (χ4n) is 4.95. The molecular weight excluding hydrogens is 258 g/mol. The molecule has 0 aromatic heterocycles. The second kappa shape index (κ2) is 6.14. The minimum Gasteiger partial charge on any atom is -0.369 e. The van der Waals surface area contributed by atoms with Gasteiger partial charge in [-0.25, -0.2) is 0 Å². The lowest BCUT2D eigenvalue weighted by Gasteiger charge is -2.39. The van der Waals surface area contributed by atoms with Crippen molar-refractivity contribution in [1.29, 1.82) is 0 Å². The molecule has 2 heteroatoms. The Labute approximate surface area is 130 Å². The highest BCUT2D eigenvalue weighted by atomic mass is 16.1. The number of nitrogens with zero attached hydrogens (tertiary/aromatic N) is 1. The largest absolute Gasteiger partial charge is 0.369 e. The van der Waals surface area contributed by atoms with E-state index in [1.807, 2.05) is 0 Å². The third kappa shape index (κ3) is 2.91. The molecule has 3 unspecified atom stereocenters. The highest BCUT2D eigenvalue weighted by Crippen LogP contribution is 2.46. The molecule has 0 amide bonds. The quantitative estimate of drug-likeness (QED) is 0.767. The first-order valence-electron chi connectivity index (χ1n) is 9.09. The number of rotatable bonds is 3. The van der Waals surface area contributed by atoms with E-state index in [1.165, 1.54) is 32.1 Å². The number of carbonyl (C=O) groups is 1. The van der Waals surface area contributed by atoms with Gasteiger partial charge in [0.2, 0.25) is 0 Å². The summed E-state index contributed by atoms with van der Waals surface area (Å²) in [6.45, 7) is 9.37. The minimum absolute atomic E-state index is 0.438. The Kier molecular flexibility index (Phi) is 4.42. The minimum atomic E-state index is 0.438. The van der Waals surface area contributed by atoms with Crippen molar-refractivity contribution in [3.05, 3.63) is 11.3 Å². The van der Waals surface area contributed by atoms with Gasteiger partial charge in [-0.2, -0.15) is 0 Å². The van der Waals surface area contributed by atoms with Gasteiger partial charge in [-0.05, 0) is 61.3 Å². The molecular formula is C19H31NO. The van der Waals surface area contributed by atoms with Crippen molar-refractivity contribution in [2.75, 3.05) is 13.1 Å². The summed E-state index contributed by atoms with van der Waals surface area (Å²) < 4.78 is 0. The Morgan fingerprint density at radius 2 is 1.81 bits per heavy atom. The zero-order chi connectivity index (χ0) is 15.0. The number of hydrogen-bond acceptors (Lipinski definition) is 2. The number of Topliss-reactive ketones (excluding diaryl/α,β-unsaturated/α-hetero) is 1. The van der Waals surface area contributed by atoms with Crippen LogP contribution >= 0.6 is 0 Å². The van der Waals surface area contributed by atoms with Crippen LogP contribution < -0.4 is 0 Å². The van der Waals surface area contributed by atoms with E-state index >= 15 is 0 Å². The summed E-state index contributed by atoms with van der Waals surface area (Å²) in [5.74, 6) is 3.47. The second-order valence-electron chi connectivity index (χ2n) is 7.92. The lowest BCUT2D eigenvalue weighted by atomic mass is 9.67. The average Bonchev–Trinajstić information content (AvgIpc) is 3.06. The summed E-state index contributed by atoms with van der Waals surface area (Å²) in [5.41, 5.74) is 2.71. The van der Waals surface area contributed by atoms with Crippen molar-refractivity contribution in [3.8, 4) is 0 Å². The molecule has 3 atom stereocenters. The molecule has 1 saturated carbocycles. The molecule has 0 bridgehead atoms. The lowest BCUT2D eigenvalue weighted by Crippen LogP contribution is -2.31. The summed E-state index contributed by atoms with van der Waals surface area (Å²) in [4.78, 5) is 14.9. The molecule has 1 saturated heterocycles. The van der Waals surface area contributed by atoms with Gasteiger partial charge in [0.15, 0.2) is 5.78 Å². The van der Waals surface area contributed by atoms with Gasteiger partial charge < -0.3 is 4.90 Å². The van der Waals surface area contributed by atoms with Crippen LogP contribution in [0.1, 0.15) is 65.7 Å². The van der Waals surface area contributed by atoms with E-state index in [2.05, 4.69) is 25.7 Å². The van der Waals surface area contributed by atoms with Gasteiger partial charge in [0.05, 0.1) is 5.70 Å². The fourth-order valence-corrected chi connectivity index (χ4v) is 4.95. The molecule has 2 nitrogen and oxygen atoms in total.